The number of rotatable bonds is 7. The Balaban J connectivity index is 1.97. The number of carbonyl (C=O) groups is 2. The Bertz CT molecular complexity index is 836. The number of unbranched alkanes of at least 4 members (excludes halogenated alkanes) is 1. The van der Waals surface area contributed by atoms with Crippen LogP contribution in [0.15, 0.2) is 42.5 Å². The van der Waals surface area contributed by atoms with Crippen LogP contribution in [0, 0.1) is 0 Å². The highest BCUT2D eigenvalue weighted by atomic mass is 35.5. The topological polar surface area (TPSA) is 55.4 Å². The summed E-state index contributed by atoms with van der Waals surface area (Å²) in [6.07, 6.45) is -1.70. The molecule has 0 radical (unpaired) electrons. The Morgan fingerprint density at radius 2 is 1.79 bits per heavy atom. The van der Waals surface area contributed by atoms with Gasteiger partial charge < -0.3 is 10.1 Å². The average molecular weight is 414 g/mol. The van der Waals surface area contributed by atoms with Gasteiger partial charge in [0.2, 0.25) is 0 Å². The average Bonchev–Trinajstić information content (AvgIpc) is 2.65. The smallest absolute Gasteiger partial charge is 0.418 e. The molecule has 0 heterocycles. The predicted octanol–water partition coefficient (Wildman–Crippen LogP) is 5.50. The van der Waals surface area contributed by atoms with Crippen LogP contribution in [-0.2, 0) is 22.1 Å². The molecule has 0 aliphatic carbocycles. The molecule has 0 aliphatic rings. The molecule has 28 heavy (non-hydrogen) atoms. The summed E-state index contributed by atoms with van der Waals surface area (Å²) in [6.45, 7) is 1.34. The van der Waals surface area contributed by atoms with Gasteiger partial charge in [-0.3, -0.25) is 4.79 Å². The number of para-hydroxylation sites is 1. The number of hydrogen-bond donors (Lipinski definition) is 1. The first-order valence-electron chi connectivity index (χ1n) is 8.64. The molecule has 0 atom stereocenters. The van der Waals surface area contributed by atoms with E-state index in [0.717, 1.165) is 37.0 Å². The second kappa shape index (κ2) is 9.59. The van der Waals surface area contributed by atoms with Gasteiger partial charge in [-0.2, -0.15) is 13.2 Å². The van der Waals surface area contributed by atoms with Gasteiger partial charge in [-0.15, -0.1) is 0 Å². The Hall–Kier alpha value is -2.54. The van der Waals surface area contributed by atoms with Crippen LogP contribution >= 0.6 is 11.6 Å². The molecule has 0 spiro atoms. The van der Waals surface area contributed by atoms with Gasteiger partial charge in [0, 0.05) is 0 Å². The third kappa shape index (κ3) is 5.99. The molecule has 0 aliphatic heterocycles. The van der Waals surface area contributed by atoms with Gasteiger partial charge in [0.05, 0.1) is 21.8 Å². The number of hydrogen-bond acceptors (Lipinski definition) is 3. The molecule has 0 saturated heterocycles. The van der Waals surface area contributed by atoms with Crippen molar-refractivity contribution in [2.45, 2.75) is 32.4 Å². The monoisotopic (exact) mass is 413 g/mol. The fourth-order valence-electron chi connectivity index (χ4n) is 2.47. The van der Waals surface area contributed by atoms with E-state index in [-0.39, 0.29) is 10.6 Å². The maximum atomic E-state index is 13.0. The molecule has 0 fully saturated rings. The third-order valence-electron chi connectivity index (χ3n) is 3.93. The lowest BCUT2D eigenvalue weighted by Gasteiger charge is -2.15. The molecule has 0 saturated carbocycles. The highest BCUT2D eigenvalue weighted by molar-refractivity contribution is 6.34. The SMILES string of the molecule is CCCCc1ccc(C(=O)OCC(=O)Nc2c(Cl)cccc2C(F)(F)F)cc1. The summed E-state index contributed by atoms with van der Waals surface area (Å²) in [5.41, 5.74) is -0.323. The van der Waals surface area contributed by atoms with Gasteiger partial charge in [-0.25, -0.2) is 4.79 Å². The van der Waals surface area contributed by atoms with Crippen molar-refractivity contribution >= 4 is 29.2 Å². The zero-order valence-electron chi connectivity index (χ0n) is 15.1. The summed E-state index contributed by atoms with van der Waals surface area (Å²) in [4.78, 5) is 23.9. The van der Waals surface area contributed by atoms with Gasteiger partial charge in [-0.1, -0.05) is 43.1 Å². The first-order valence-corrected chi connectivity index (χ1v) is 9.01. The van der Waals surface area contributed by atoms with Gasteiger partial charge in [0.1, 0.15) is 0 Å². The number of nitrogens with one attached hydrogen (secondary N) is 1. The minimum Gasteiger partial charge on any atom is -0.452 e. The Kier molecular flexibility index (Phi) is 7.45. The van der Waals surface area contributed by atoms with E-state index in [9.17, 15) is 22.8 Å². The van der Waals surface area contributed by atoms with Crippen LogP contribution in [0.2, 0.25) is 5.02 Å². The van der Waals surface area contributed by atoms with Gasteiger partial charge in [0.25, 0.3) is 5.91 Å². The second-order valence-electron chi connectivity index (χ2n) is 6.08. The quantitative estimate of drug-likeness (QED) is 0.610. The third-order valence-corrected chi connectivity index (χ3v) is 4.24. The van der Waals surface area contributed by atoms with Crippen molar-refractivity contribution in [3.8, 4) is 0 Å². The summed E-state index contributed by atoms with van der Waals surface area (Å²) in [7, 11) is 0. The van der Waals surface area contributed by atoms with Crippen LogP contribution in [0.1, 0.15) is 41.3 Å². The molecular weight excluding hydrogens is 395 g/mol. The summed E-state index contributed by atoms with van der Waals surface area (Å²) in [6, 6.07) is 9.91. The van der Waals surface area contributed by atoms with Crippen molar-refractivity contribution in [1.82, 2.24) is 0 Å². The number of carbonyl (C=O) groups excluding carboxylic acids is 2. The van der Waals surface area contributed by atoms with E-state index in [0.29, 0.717) is 0 Å². The molecule has 1 N–H and O–H groups in total. The Labute approximate surface area is 165 Å². The molecule has 0 unspecified atom stereocenters. The van der Waals surface area contributed by atoms with Crippen LogP contribution < -0.4 is 5.32 Å². The fraction of sp³-hybridized carbons (Fsp3) is 0.300. The van der Waals surface area contributed by atoms with E-state index in [2.05, 4.69) is 12.2 Å². The molecule has 2 rings (SSSR count). The van der Waals surface area contributed by atoms with Crippen molar-refractivity contribution in [1.29, 1.82) is 0 Å². The number of ether oxygens (including phenoxy) is 1. The van der Waals surface area contributed by atoms with Gasteiger partial charge in [-0.05, 0) is 42.7 Å². The maximum Gasteiger partial charge on any atom is 0.418 e. The van der Waals surface area contributed by atoms with E-state index < -0.39 is 35.9 Å². The van der Waals surface area contributed by atoms with E-state index in [1.165, 1.54) is 6.07 Å². The highest BCUT2D eigenvalue weighted by Crippen LogP contribution is 2.38. The molecule has 4 nitrogen and oxygen atoms in total. The lowest BCUT2D eigenvalue weighted by Crippen LogP contribution is -2.23. The largest absolute Gasteiger partial charge is 0.452 e. The molecule has 150 valence electrons. The van der Waals surface area contributed by atoms with E-state index in [4.69, 9.17) is 16.3 Å². The molecular formula is C20H19ClF3NO3. The molecule has 2 aromatic rings. The summed E-state index contributed by atoms with van der Waals surface area (Å²) in [5.74, 6) is -1.67. The number of alkyl halides is 3. The second-order valence-corrected chi connectivity index (χ2v) is 6.49. The van der Waals surface area contributed by atoms with Crippen molar-refractivity contribution in [2.75, 3.05) is 11.9 Å². The Morgan fingerprint density at radius 1 is 1.11 bits per heavy atom. The van der Waals surface area contributed by atoms with Crippen LogP contribution in [0.25, 0.3) is 0 Å². The van der Waals surface area contributed by atoms with Crippen LogP contribution in [-0.4, -0.2) is 18.5 Å². The fourth-order valence-corrected chi connectivity index (χ4v) is 2.69. The molecule has 1 amide bonds. The molecule has 0 aromatic heterocycles. The number of halogens is 4. The van der Waals surface area contributed by atoms with E-state index >= 15 is 0 Å². The highest BCUT2D eigenvalue weighted by Gasteiger charge is 2.34. The minimum absolute atomic E-state index is 0.252. The summed E-state index contributed by atoms with van der Waals surface area (Å²) >= 11 is 5.77. The number of benzene rings is 2. The maximum absolute atomic E-state index is 13.0. The molecule has 8 heteroatoms. The number of aryl methyl sites for hydroxylation is 1. The minimum atomic E-state index is -4.69. The zero-order chi connectivity index (χ0) is 20.7. The van der Waals surface area contributed by atoms with Crippen LogP contribution in [0.5, 0.6) is 0 Å². The number of amides is 1. The lowest BCUT2D eigenvalue weighted by atomic mass is 10.1. The first kappa shape index (κ1) is 21.8. The zero-order valence-corrected chi connectivity index (χ0v) is 15.9. The summed E-state index contributed by atoms with van der Waals surface area (Å²) < 4.78 is 44.0. The lowest BCUT2D eigenvalue weighted by molar-refractivity contribution is -0.137. The Morgan fingerprint density at radius 3 is 2.39 bits per heavy atom. The van der Waals surface area contributed by atoms with E-state index in [1.54, 1.807) is 24.3 Å². The van der Waals surface area contributed by atoms with Crippen molar-refractivity contribution < 1.29 is 27.5 Å². The van der Waals surface area contributed by atoms with Crippen molar-refractivity contribution in [2.24, 2.45) is 0 Å². The van der Waals surface area contributed by atoms with E-state index in [1.807, 2.05) is 0 Å². The van der Waals surface area contributed by atoms with Crippen molar-refractivity contribution in [3.63, 3.8) is 0 Å². The van der Waals surface area contributed by atoms with Crippen molar-refractivity contribution in [3.05, 3.63) is 64.2 Å². The molecule has 0 bridgehead atoms. The van der Waals surface area contributed by atoms with Gasteiger partial charge in [0.15, 0.2) is 6.61 Å². The van der Waals surface area contributed by atoms with Crippen LogP contribution in [0.3, 0.4) is 0 Å². The number of anilines is 1. The number of esters is 1. The van der Waals surface area contributed by atoms with Gasteiger partial charge >= 0.3 is 12.1 Å². The standard InChI is InChI=1S/C20H19ClF3NO3/c1-2-3-5-13-8-10-14(11-9-13)19(27)28-12-17(26)25-18-15(20(22,23)24)6-4-7-16(18)21/h4,6-11H,2-3,5,12H2,1H3,(H,25,26). The first-order chi connectivity index (χ1) is 13.2. The summed E-state index contributed by atoms with van der Waals surface area (Å²) in [5, 5.41) is 1.79. The molecule has 2 aromatic carbocycles. The van der Waals surface area contributed by atoms with Crippen LogP contribution in [0.4, 0.5) is 18.9 Å². The normalized spacial score (nSPS) is 11.2. The predicted molar refractivity (Wildman–Crippen MR) is 100 cm³/mol.